The van der Waals surface area contributed by atoms with Gasteiger partial charge in [-0.2, -0.15) is 5.26 Å². The number of nitrogens with one attached hydrogen (secondary N) is 2. The Morgan fingerprint density at radius 3 is 2.95 bits per heavy atom. The van der Waals surface area contributed by atoms with Gasteiger partial charge in [0.2, 0.25) is 0 Å². The number of aromatic nitrogens is 1. The Bertz CT molecular complexity index is 711. The fraction of sp³-hybridized carbons (Fsp3) is 0.0714. The lowest BCUT2D eigenvalue weighted by molar-refractivity contribution is 0.0951. The van der Waals surface area contributed by atoms with Crippen LogP contribution in [0.25, 0.3) is 0 Å². The maximum atomic E-state index is 12.2. The van der Waals surface area contributed by atoms with E-state index in [1.807, 2.05) is 6.07 Å². The van der Waals surface area contributed by atoms with E-state index in [1.54, 1.807) is 30.5 Å². The lowest BCUT2D eigenvalue weighted by Crippen LogP contribution is -2.25. The molecular formula is C14H12BrN5O. The van der Waals surface area contributed by atoms with Crippen molar-refractivity contribution in [3.63, 3.8) is 0 Å². The Hall–Kier alpha value is -2.43. The predicted octanol–water partition coefficient (Wildman–Crippen LogP) is 1.93. The first kappa shape index (κ1) is 15.0. The number of carbonyl (C=O) groups is 1. The molecule has 0 atom stereocenters. The highest BCUT2D eigenvalue weighted by molar-refractivity contribution is 9.10. The summed E-state index contributed by atoms with van der Waals surface area (Å²) in [5, 5.41) is 11.6. The Balaban J connectivity index is 2.11. The van der Waals surface area contributed by atoms with E-state index in [9.17, 15) is 4.79 Å². The van der Waals surface area contributed by atoms with Gasteiger partial charge in [-0.25, -0.2) is 10.8 Å². The maximum Gasteiger partial charge on any atom is 0.255 e. The number of nitriles is 1. The molecule has 21 heavy (non-hydrogen) atoms. The molecule has 0 radical (unpaired) electrons. The second-order valence-electron chi connectivity index (χ2n) is 4.19. The van der Waals surface area contributed by atoms with Crippen LogP contribution in [0.5, 0.6) is 0 Å². The van der Waals surface area contributed by atoms with Crippen LogP contribution in [0.15, 0.2) is 41.0 Å². The maximum absolute atomic E-state index is 12.2. The number of hydrazine groups is 1. The topological polar surface area (TPSA) is 104 Å². The van der Waals surface area contributed by atoms with E-state index in [1.165, 1.54) is 0 Å². The fourth-order valence-electron chi connectivity index (χ4n) is 1.76. The van der Waals surface area contributed by atoms with Gasteiger partial charge in [-0.15, -0.1) is 0 Å². The van der Waals surface area contributed by atoms with Gasteiger partial charge in [0.15, 0.2) is 5.82 Å². The second kappa shape index (κ2) is 6.83. The molecule has 2 aromatic rings. The standard InChI is InChI=1S/C14H12BrN5O/c15-11-5-12(13(20-17)18-8-11)14(21)19-7-10-3-1-2-9(4-10)6-16/h1-5,8H,7,17H2,(H,18,20)(H,19,21). The van der Waals surface area contributed by atoms with Crippen molar-refractivity contribution in [1.82, 2.24) is 10.3 Å². The zero-order valence-electron chi connectivity index (χ0n) is 10.9. The number of rotatable bonds is 4. The minimum Gasteiger partial charge on any atom is -0.348 e. The second-order valence-corrected chi connectivity index (χ2v) is 5.10. The molecule has 1 aromatic carbocycles. The largest absolute Gasteiger partial charge is 0.348 e. The molecule has 0 aliphatic heterocycles. The SMILES string of the molecule is N#Cc1cccc(CNC(=O)c2cc(Br)cnc2NN)c1. The number of hydrogen-bond acceptors (Lipinski definition) is 5. The van der Waals surface area contributed by atoms with Gasteiger partial charge in [0.05, 0.1) is 17.2 Å². The molecule has 106 valence electrons. The third-order valence-corrected chi connectivity index (χ3v) is 3.18. The molecule has 1 heterocycles. The summed E-state index contributed by atoms with van der Waals surface area (Å²) >= 11 is 3.26. The Morgan fingerprint density at radius 2 is 2.24 bits per heavy atom. The van der Waals surface area contributed by atoms with Crippen LogP contribution in [-0.2, 0) is 6.54 Å². The lowest BCUT2D eigenvalue weighted by Gasteiger charge is -2.09. The summed E-state index contributed by atoms with van der Waals surface area (Å²) < 4.78 is 0.679. The van der Waals surface area contributed by atoms with Gasteiger partial charge in [0, 0.05) is 17.2 Å². The van der Waals surface area contributed by atoms with Gasteiger partial charge in [0.25, 0.3) is 5.91 Å². The lowest BCUT2D eigenvalue weighted by atomic mass is 10.1. The van der Waals surface area contributed by atoms with E-state index in [0.717, 1.165) is 5.56 Å². The van der Waals surface area contributed by atoms with Gasteiger partial charge < -0.3 is 10.7 Å². The third kappa shape index (κ3) is 3.78. The fourth-order valence-corrected chi connectivity index (χ4v) is 2.09. The number of halogens is 1. The van der Waals surface area contributed by atoms with Crippen LogP contribution < -0.4 is 16.6 Å². The molecular weight excluding hydrogens is 334 g/mol. The summed E-state index contributed by atoms with van der Waals surface area (Å²) in [6, 6.07) is 10.7. The highest BCUT2D eigenvalue weighted by Gasteiger charge is 2.12. The Labute approximate surface area is 130 Å². The van der Waals surface area contributed by atoms with Gasteiger partial charge in [-0.1, -0.05) is 12.1 Å². The highest BCUT2D eigenvalue weighted by Crippen LogP contribution is 2.17. The number of nitrogens with two attached hydrogens (primary N) is 1. The molecule has 0 unspecified atom stereocenters. The highest BCUT2D eigenvalue weighted by atomic mass is 79.9. The van der Waals surface area contributed by atoms with Crippen molar-refractivity contribution >= 4 is 27.7 Å². The van der Waals surface area contributed by atoms with Crippen LogP contribution >= 0.6 is 15.9 Å². The summed E-state index contributed by atoms with van der Waals surface area (Å²) in [5.41, 5.74) is 4.11. The number of nitrogen functional groups attached to an aromatic ring is 1. The third-order valence-electron chi connectivity index (χ3n) is 2.74. The number of amides is 1. The van der Waals surface area contributed by atoms with E-state index in [-0.39, 0.29) is 5.91 Å². The Morgan fingerprint density at radius 1 is 1.43 bits per heavy atom. The minimum atomic E-state index is -0.306. The van der Waals surface area contributed by atoms with Crippen LogP contribution in [-0.4, -0.2) is 10.9 Å². The van der Waals surface area contributed by atoms with E-state index < -0.39 is 0 Å². The van der Waals surface area contributed by atoms with Crippen molar-refractivity contribution < 1.29 is 4.79 Å². The average molecular weight is 346 g/mol. The van der Waals surface area contributed by atoms with Crippen LogP contribution in [0.1, 0.15) is 21.5 Å². The quantitative estimate of drug-likeness (QED) is 0.580. The van der Waals surface area contributed by atoms with Crippen LogP contribution in [0.2, 0.25) is 0 Å². The van der Waals surface area contributed by atoms with Crippen LogP contribution in [0.4, 0.5) is 5.82 Å². The minimum absolute atomic E-state index is 0.293. The zero-order chi connectivity index (χ0) is 15.2. The van der Waals surface area contributed by atoms with Gasteiger partial charge in [0.1, 0.15) is 0 Å². The van der Waals surface area contributed by atoms with Gasteiger partial charge in [-0.3, -0.25) is 4.79 Å². The summed E-state index contributed by atoms with van der Waals surface area (Å²) in [4.78, 5) is 16.2. The molecule has 1 amide bonds. The number of hydrogen-bond donors (Lipinski definition) is 3. The first-order chi connectivity index (χ1) is 10.1. The van der Waals surface area contributed by atoms with Crippen molar-refractivity contribution in [2.45, 2.75) is 6.54 Å². The first-order valence-electron chi connectivity index (χ1n) is 6.03. The molecule has 0 saturated heterocycles. The van der Waals surface area contributed by atoms with Crippen LogP contribution in [0, 0.1) is 11.3 Å². The number of benzene rings is 1. The summed E-state index contributed by atoms with van der Waals surface area (Å²) in [6.07, 6.45) is 1.54. The summed E-state index contributed by atoms with van der Waals surface area (Å²) in [6.45, 7) is 0.310. The van der Waals surface area contributed by atoms with E-state index in [2.05, 4.69) is 37.7 Å². The summed E-state index contributed by atoms with van der Waals surface area (Å²) in [7, 11) is 0. The molecule has 2 rings (SSSR count). The molecule has 0 aliphatic rings. The smallest absolute Gasteiger partial charge is 0.255 e. The average Bonchev–Trinajstić information content (AvgIpc) is 2.52. The first-order valence-corrected chi connectivity index (χ1v) is 6.82. The number of carbonyl (C=O) groups excluding carboxylic acids is 1. The Kier molecular flexibility index (Phi) is 4.87. The van der Waals surface area contributed by atoms with Crippen LogP contribution in [0.3, 0.4) is 0 Å². The molecule has 0 saturated carbocycles. The normalized spacial score (nSPS) is 9.76. The van der Waals surface area contributed by atoms with Crippen molar-refractivity contribution in [3.8, 4) is 6.07 Å². The monoisotopic (exact) mass is 345 g/mol. The molecule has 4 N–H and O–H groups in total. The predicted molar refractivity (Wildman–Crippen MR) is 82.1 cm³/mol. The van der Waals surface area contributed by atoms with E-state index in [0.29, 0.717) is 28.0 Å². The molecule has 0 fully saturated rings. The van der Waals surface area contributed by atoms with Crippen molar-refractivity contribution in [1.29, 1.82) is 5.26 Å². The van der Waals surface area contributed by atoms with E-state index >= 15 is 0 Å². The van der Waals surface area contributed by atoms with Gasteiger partial charge in [-0.05, 0) is 39.7 Å². The molecule has 0 aliphatic carbocycles. The van der Waals surface area contributed by atoms with Crippen molar-refractivity contribution in [3.05, 3.63) is 57.7 Å². The van der Waals surface area contributed by atoms with E-state index in [4.69, 9.17) is 11.1 Å². The number of pyridine rings is 1. The van der Waals surface area contributed by atoms with Gasteiger partial charge >= 0.3 is 0 Å². The molecule has 0 spiro atoms. The zero-order valence-corrected chi connectivity index (χ0v) is 12.5. The molecule has 7 heteroatoms. The number of anilines is 1. The molecule has 0 bridgehead atoms. The summed E-state index contributed by atoms with van der Waals surface area (Å²) in [5.74, 6) is 5.33. The van der Waals surface area contributed by atoms with Crippen molar-refractivity contribution in [2.24, 2.45) is 5.84 Å². The molecule has 1 aromatic heterocycles. The molecule has 6 nitrogen and oxygen atoms in total. The van der Waals surface area contributed by atoms with Crippen molar-refractivity contribution in [2.75, 3.05) is 5.43 Å². The number of nitrogens with zero attached hydrogens (tertiary/aromatic N) is 2.